The third-order valence-electron chi connectivity index (χ3n) is 5.61. The zero-order valence-electron chi connectivity index (χ0n) is 18.1. The number of aromatic nitrogens is 4. The number of halogens is 1. The van der Waals surface area contributed by atoms with Crippen LogP contribution in [0.2, 0.25) is 5.02 Å². The van der Waals surface area contributed by atoms with Gasteiger partial charge >= 0.3 is 5.69 Å². The molecule has 0 aliphatic carbocycles. The van der Waals surface area contributed by atoms with Crippen LogP contribution >= 0.6 is 11.6 Å². The number of hydrogen-bond acceptors (Lipinski definition) is 6. The summed E-state index contributed by atoms with van der Waals surface area (Å²) in [5.74, 6) is 0.591. The highest BCUT2D eigenvalue weighted by Crippen LogP contribution is 2.34. The van der Waals surface area contributed by atoms with Crippen LogP contribution in [0.15, 0.2) is 53.7 Å². The van der Waals surface area contributed by atoms with Crippen molar-refractivity contribution in [1.29, 1.82) is 0 Å². The fourth-order valence-corrected chi connectivity index (χ4v) is 4.07. The zero-order chi connectivity index (χ0) is 22.7. The topological polar surface area (TPSA) is 84.2 Å². The van der Waals surface area contributed by atoms with E-state index in [1.165, 1.54) is 10.8 Å². The summed E-state index contributed by atoms with van der Waals surface area (Å²) >= 11 is 6.08. The maximum absolute atomic E-state index is 12.9. The largest absolute Gasteiger partial charge is 0.347 e. The van der Waals surface area contributed by atoms with Crippen molar-refractivity contribution >= 4 is 23.5 Å². The van der Waals surface area contributed by atoms with E-state index in [-0.39, 0.29) is 18.4 Å². The Labute approximate surface area is 191 Å². The van der Waals surface area contributed by atoms with Crippen molar-refractivity contribution in [3.8, 4) is 11.1 Å². The number of rotatable bonds is 5. The summed E-state index contributed by atoms with van der Waals surface area (Å²) in [4.78, 5) is 41.6. The van der Waals surface area contributed by atoms with Crippen molar-refractivity contribution in [3.63, 3.8) is 0 Å². The van der Waals surface area contributed by atoms with Crippen molar-refractivity contribution in [2.24, 2.45) is 0 Å². The predicted octanol–water partition coefficient (Wildman–Crippen LogP) is 2.83. The Morgan fingerprint density at radius 3 is 2.72 bits per heavy atom. The molecule has 1 aliphatic heterocycles. The minimum Gasteiger partial charge on any atom is -0.347 e. The Morgan fingerprint density at radius 2 is 2.00 bits per heavy atom. The van der Waals surface area contributed by atoms with E-state index in [1.54, 1.807) is 12.3 Å². The number of amides is 1. The molecular formula is C23H25ClN6O2. The van der Waals surface area contributed by atoms with Crippen LogP contribution < -0.4 is 10.6 Å². The molecule has 0 spiro atoms. The SMILES string of the molecule is CN(C)c1ncc(-c2ccc(Cl)cc2)c([C@@H]2CCCN(C(=O)Cn3cccnc3=O)C2)n1. The molecule has 2 aromatic heterocycles. The Morgan fingerprint density at radius 1 is 1.22 bits per heavy atom. The van der Waals surface area contributed by atoms with Crippen molar-refractivity contribution < 1.29 is 4.79 Å². The second-order valence-electron chi connectivity index (χ2n) is 8.08. The van der Waals surface area contributed by atoms with E-state index in [0.717, 1.165) is 29.7 Å². The van der Waals surface area contributed by atoms with Gasteiger partial charge in [-0.15, -0.1) is 0 Å². The highest BCUT2D eigenvalue weighted by atomic mass is 35.5. The van der Waals surface area contributed by atoms with Gasteiger partial charge in [0, 0.05) is 62.3 Å². The summed E-state index contributed by atoms with van der Waals surface area (Å²) in [6, 6.07) is 9.27. The number of carbonyl (C=O) groups excluding carboxylic acids is 1. The summed E-state index contributed by atoms with van der Waals surface area (Å²) in [6.45, 7) is 1.18. The van der Waals surface area contributed by atoms with E-state index in [2.05, 4.69) is 9.97 Å². The lowest BCUT2D eigenvalue weighted by Gasteiger charge is -2.33. The molecule has 1 fully saturated rings. The summed E-state index contributed by atoms with van der Waals surface area (Å²) in [5, 5.41) is 0.668. The lowest BCUT2D eigenvalue weighted by atomic mass is 9.90. The first-order valence-electron chi connectivity index (χ1n) is 10.5. The van der Waals surface area contributed by atoms with E-state index in [9.17, 15) is 9.59 Å². The lowest BCUT2D eigenvalue weighted by Crippen LogP contribution is -2.42. The number of benzene rings is 1. The molecule has 1 aromatic carbocycles. The van der Waals surface area contributed by atoms with Gasteiger partial charge in [0.15, 0.2) is 0 Å². The Kier molecular flexibility index (Phi) is 6.50. The summed E-state index contributed by atoms with van der Waals surface area (Å²) < 4.78 is 1.33. The third kappa shape index (κ3) is 4.80. The van der Waals surface area contributed by atoms with Gasteiger partial charge in [-0.1, -0.05) is 23.7 Å². The highest BCUT2D eigenvalue weighted by molar-refractivity contribution is 6.30. The van der Waals surface area contributed by atoms with E-state index in [0.29, 0.717) is 24.1 Å². The monoisotopic (exact) mass is 452 g/mol. The fourth-order valence-electron chi connectivity index (χ4n) is 3.94. The van der Waals surface area contributed by atoms with Crippen LogP contribution in [0.1, 0.15) is 24.5 Å². The van der Waals surface area contributed by atoms with Crippen LogP contribution in [0.25, 0.3) is 11.1 Å². The molecule has 3 aromatic rings. The first-order chi connectivity index (χ1) is 15.4. The van der Waals surface area contributed by atoms with Gasteiger partial charge in [-0.2, -0.15) is 0 Å². The normalized spacial score (nSPS) is 16.1. The number of anilines is 1. The summed E-state index contributed by atoms with van der Waals surface area (Å²) in [6.07, 6.45) is 6.63. The van der Waals surface area contributed by atoms with Crippen LogP contribution in [0, 0.1) is 0 Å². The molecule has 3 heterocycles. The fraction of sp³-hybridized carbons (Fsp3) is 0.348. The van der Waals surface area contributed by atoms with Crippen LogP contribution in [0.5, 0.6) is 0 Å². The van der Waals surface area contributed by atoms with Gasteiger partial charge in [-0.05, 0) is 36.6 Å². The van der Waals surface area contributed by atoms with Gasteiger partial charge in [0.2, 0.25) is 11.9 Å². The van der Waals surface area contributed by atoms with Crippen molar-refractivity contribution in [2.45, 2.75) is 25.3 Å². The van der Waals surface area contributed by atoms with Gasteiger partial charge in [0.1, 0.15) is 6.54 Å². The Bertz CT molecular complexity index is 1160. The van der Waals surface area contributed by atoms with Crippen LogP contribution in [0.4, 0.5) is 5.95 Å². The smallest absolute Gasteiger partial charge is 0.347 e. The molecule has 32 heavy (non-hydrogen) atoms. The first-order valence-corrected chi connectivity index (χ1v) is 10.9. The second-order valence-corrected chi connectivity index (χ2v) is 8.52. The third-order valence-corrected chi connectivity index (χ3v) is 5.86. The molecule has 0 unspecified atom stereocenters. The predicted molar refractivity (Wildman–Crippen MR) is 124 cm³/mol. The number of carbonyl (C=O) groups is 1. The molecule has 1 amide bonds. The van der Waals surface area contributed by atoms with Gasteiger partial charge < -0.3 is 9.80 Å². The maximum Gasteiger partial charge on any atom is 0.347 e. The van der Waals surface area contributed by atoms with E-state index >= 15 is 0 Å². The van der Waals surface area contributed by atoms with E-state index < -0.39 is 5.69 Å². The molecule has 9 heteroatoms. The van der Waals surface area contributed by atoms with E-state index in [4.69, 9.17) is 16.6 Å². The van der Waals surface area contributed by atoms with Crippen molar-refractivity contribution in [2.75, 3.05) is 32.1 Å². The van der Waals surface area contributed by atoms with Crippen LogP contribution in [-0.4, -0.2) is 57.5 Å². The molecular weight excluding hydrogens is 428 g/mol. The minimum atomic E-state index is -0.425. The van der Waals surface area contributed by atoms with Gasteiger partial charge in [0.25, 0.3) is 0 Å². The number of nitrogens with zero attached hydrogens (tertiary/aromatic N) is 6. The number of piperidine rings is 1. The van der Waals surface area contributed by atoms with Gasteiger partial charge in [-0.25, -0.2) is 19.7 Å². The zero-order valence-corrected chi connectivity index (χ0v) is 18.9. The molecule has 0 saturated carbocycles. The molecule has 1 saturated heterocycles. The summed E-state index contributed by atoms with van der Waals surface area (Å²) in [5.41, 5.74) is 2.42. The minimum absolute atomic E-state index is 0.0177. The number of hydrogen-bond donors (Lipinski definition) is 0. The Hall–Kier alpha value is -3.26. The maximum atomic E-state index is 12.9. The van der Waals surface area contributed by atoms with Crippen LogP contribution in [-0.2, 0) is 11.3 Å². The van der Waals surface area contributed by atoms with Gasteiger partial charge in [-0.3, -0.25) is 9.36 Å². The van der Waals surface area contributed by atoms with Gasteiger partial charge in [0.05, 0.1) is 5.69 Å². The first kappa shape index (κ1) is 22.0. The average Bonchev–Trinajstić information content (AvgIpc) is 2.81. The quantitative estimate of drug-likeness (QED) is 0.591. The number of likely N-dealkylation sites (tertiary alicyclic amines) is 1. The van der Waals surface area contributed by atoms with Crippen molar-refractivity contribution in [1.82, 2.24) is 24.4 Å². The highest BCUT2D eigenvalue weighted by Gasteiger charge is 2.28. The molecule has 1 atom stereocenters. The molecule has 8 nitrogen and oxygen atoms in total. The molecule has 166 valence electrons. The molecule has 4 rings (SSSR count). The molecule has 0 bridgehead atoms. The second kappa shape index (κ2) is 9.48. The van der Waals surface area contributed by atoms with Crippen LogP contribution in [0.3, 0.4) is 0 Å². The van der Waals surface area contributed by atoms with E-state index in [1.807, 2.05) is 54.4 Å². The van der Waals surface area contributed by atoms with Crippen molar-refractivity contribution in [3.05, 3.63) is 70.1 Å². The summed E-state index contributed by atoms with van der Waals surface area (Å²) in [7, 11) is 3.81. The molecule has 0 N–H and O–H groups in total. The molecule has 0 radical (unpaired) electrons. The average molecular weight is 453 g/mol. The molecule has 1 aliphatic rings. The standard InChI is InChI=1S/C23H25ClN6O2/c1-28(2)22-26-13-19(16-6-8-18(24)9-7-16)21(27-22)17-5-3-11-29(14-17)20(31)15-30-12-4-10-25-23(30)32/h4,6-10,12-13,17H,3,5,11,14-15H2,1-2H3/t17-/m1/s1. The lowest BCUT2D eigenvalue weighted by molar-refractivity contribution is -0.133. The Balaban J connectivity index is 1.62.